The van der Waals surface area contributed by atoms with Gasteiger partial charge in [-0.1, -0.05) is 0 Å². The number of nitrogen functional groups attached to an aromatic ring is 1. The third kappa shape index (κ3) is 3.39. The quantitative estimate of drug-likeness (QED) is 0.391. The number of aryl methyl sites for hydroxylation is 1. The third-order valence-corrected chi connectivity index (χ3v) is 5.59. The number of oxazole rings is 1. The van der Waals surface area contributed by atoms with Gasteiger partial charge >= 0.3 is 0 Å². The molecule has 0 spiro atoms. The van der Waals surface area contributed by atoms with E-state index in [4.69, 9.17) is 10.3 Å². The summed E-state index contributed by atoms with van der Waals surface area (Å²) in [6, 6.07) is 2.93. The van der Waals surface area contributed by atoms with E-state index in [2.05, 4.69) is 15.0 Å². The van der Waals surface area contributed by atoms with Crippen molar-refractivity contribution in [2.45, 2.75) is 25.8 Å². The first-order valence-electron chi connectivity index (χ1n) is 8.72. The Morgan fingerprint density at radius 3 is 2.89 bits per heavy atom. The van der Waals surface area contributed by atoms with Gasteiger partial charge in [0.15, 0.2) is 0 Å². The zero-order chi connectivity index (χ0) is 19.7. The Labute approximate surface area is 164 Å². The molecule has 0 saturated carbocycles. The lowest BCUT2D eigenvalue weighted by Gasteiger charge is -2.23. The van der Waals surface area contributed by atoms with E-state index >= 15 is 0 Å². The molecule has 4 rings (SSSR count). The predicted octanol–water partition coefficient (Wildman–Crippen LogP) is 2.08. The molecule has 1 atom stereocenters. The highest BCUT2D eigenvalue weighted by molar-refractivity contribution is 7.09. The van der Waals surface area contributed by atoms with E-state index in [9.17, 15) is 9.59 Å². The van der Waals surface area contributed by atoms with Crippen LogP contribution in [0.2, 0.25) is 0 Å². The van der Waals surface area contributed by atoms with Gasteiger partial charge in [-0.25, -0.2) is 20.8 Å². The van der Waals surface area contributed by atoms with Crippen molar-refractivity contribution in [3.8, 4) is 11.6 Å². The zero-order valence-corrected chi connectivity index (χ0v) is 15.9. The molecule has 10 heteroatoms. The number of amides is 2. The number of nitrogens with zero attached hydrogens (tertiary/aromatic N) is 4. The average molecular weight is 398 g/mol. The molecule has 1 aliphatic heterocycles. The normalized spacial score (nSPS) is 16.4. The predicted molar refractivity (Wildman–Crippen MR) is 101 cm³/mol. The lowest BCUT2D eigenvalue weighted by molar-refractivity contribution is 0.0735. The highest BCUT2D eigenvalue weighted by Crippen LogP contribution is 2.35. The molecule has 0 aromatic carbocycles. The number of likely N-dealkylation sites (tertiary alicyclic amines) is 1. The summed E-state index contributed by atoms with van der Waals surface area (Å²) in [5, 5.41) is 2.90. The Morgan fingerprint density at radius 1 is 1.36 bits per heavy atom. The molecular weight excluding hydrogens is 380 g/mol. The van der Waals surface area contributed by atoms with Gasteiger partial charge in [0.25, 0.3) is 11.8 Å². The molecule has 0 radical (unpaired) electrons. The van der Waals surface area contributed by atoms with Crippen LogP contribution < -0.4 is 11.3 Å². The Kier molecular flexibility index (Phi) is 4.88. The molecule has 0 bridgehead atoms. The van der Waals surface area contributed by atoms with Gasteiger partial charge in [-0.05, 0) is 31.9 Å². The monoisotopic (exact) mass is 398 g/mol. The number of aromatic nitrogens is 3. The first kappa shape index (κ1) is 18.3. The van der Waals surface area contributed by atoms with E-state index in [1.54, 1.807) is 22.3 Å². The number of hydrazine groups is 1. The van der Waals surface area contributed by atoms with Gasteiger partial charge < -0.3 is 9.32 Å². The van der Waals surface area contributed by atoms with Crippen LogP contribution in [0.3, 0.4) is 0 Å². The zero-order valence-electron chi connectivity index (χ0n) is 15.1. The number of nitrogens with one attached hydrogen (secondary N) is 1. The summed E-state index contributed by atoms with van der Waals surface area (Å²) in [6.45, 7) is 2.56. The number of carbonyl (C=O) groups is 2. The second kappa shape index (κ2) is 7.49. The standard InChI is InChI=1S/C18H18N6O3S/c1-10-9-28-17(21-10)14-3-2-5-24(14)18(26)11-7-12(15(25)23-19)22-13(8-11)16-20-4-6-27-16/h4,6-9,14H,2-3,5,19H2,1H3,(H,23,25). The van der Waals surface area contributed by atoms with Crippen molar-refractivity contribution in [1.29, 1.82) is 0 Å². The van der Waals surface area contributed by atoms with Gasteiger partial charge in [0.1, 0.15) is 22.7 Å². The summed E-state index contributed by atoms with van der Waals surface area (Å²) < 4.78 is 5.27. The maximum absolute atomic E-state index is 13.3. The number of hydrogen-bond acceptors (Lipinski definition) is 8. The van der Waals surface area contributed by atoms with E-state index in [1.165, 1.54) is 18.5 Å². The van der Waals surface area contributed by atoms with E-state index in [0.29, 0.717) is 12.1 Å². The van der Waals surface area contributed by atoms with Crippen LogP contribution in [-0.4, -0.2) is 38.2 Å². The Balaban J connectivity index is 1.71. The highest BCUT2D eigenvalue weighted by Gasteiger charge is 2.33. The molecule has 4 heterocycles. The average Bonchev–Trinajstić information content (AvgIpc) is 3.47. The largest absolute Gasteiger partial charge is 0.443 e. The van der Waals surface area contributed by atoms with Gasteiger partial charge in [-0.3, -0.25) is 15.0 Å². The first-order chi connectivity index (χ1) is 13.6. The molecule has 3 N–H and O–H groups in total. The first-order valence-corrected chi connectivity index (χ1v) is 9.60. The molecule has 2 amide bonds. The minimum Gasteiger partial charge on any atom is -0.443 e. The van der Waals surface area contributed by atoms with E-state index in [0.717, 1.165) is 23.5 Å². The molecule has 1 aliphatic rings. The topological polar surface area (TPSA) is 127 Å². The molecule has 1 saturated heterocycles. The number of rotatable bonds is 4. The summed E-state index contributed by atoms with van der Waals surface area (Å²) in [4.78, 5) is 39.9. The van der Waals surface area contributed by atoms with Crippen molar-refractivity contribution in [2.24, 2.45) is 5.84 Å². The smallest absolute Gasteiger partial charge is 0.283 e. The summed E-state index contributed by atoms with van der Waals surface area (Å²) in [5.74, 6) is 4.66. The van der Waals surface area contributed by atoms with Crippen LogP contribution in [0.15, 0.2) is 34.4 Å². The van der Waals surface area contributed by atoms with Crippen molar-refractivity contribution in [3.05, 3.63) is 51.9 Å². The van der Waals surface area contributed by atoms with Crippen LogP contribution in [0.1, 0.15) is 50.4 Å². The molecule has 144 valence electrons. The summed E-state index contributed by atoms with van der Waals surface area (Å²) in [6.07, 6.45) is 4.61. The van der Waals surface area contributed by atoms with Crippen LogP contribution in [-0.2, 0) is 0 Å². The number of thiazole rings is 1. The fourth-order valence-electron chi connectivity index (χ4n) is 3.26. The molecule has 0 aliphatic carbocycles. The molecule has 3 aromatic heterocycles. The van der Waals surface area contributed by atoms with Gasteiger partial charge in [0, 0.05) is 23.2 Å². The number of carbonyl (C=O) groups excluding carboxylic acids is 2. The summed E-state index contributed by atoms with van der Waals surface area (Å²) >= 11 is 1.55. The maximum atomic E-state index is 13.3. The van der Waals surface area contributed by atoms with Gasteiger partial charge in [-0.2, -0.15) is 0 Å². The fraction of sp³-hybridized carbons (Fsp3) is 0.278. The van der Waals surface area contributed by atoms with Gasteiger partial charge in [0.2, 0.25) is 5.89 Å². The van der Waals surface area contributed by atoms with E-state index in [-0.39, 0.29) is 29.2 Å². The van der Waals surface area contributed by atoms with Crippen molar-refractivity contribution in [1.82, 2.24) is 25.3 Å². The van der Waals surface area contributed by atoms with Crippen LogP contribution in [0.4, 0.5) is 0 Å². The molecule has 1 fully saturated rings. The molecular formula is C18H18N6O3S. The van der Waals surface area contributed by atoms with Crippen molar-refractivity contribution in [2.75, 3.05) is 6.54 Å². The van der Waals surface area contributed by atoms with Crippen molar-refractivity contribution < 1.29 is 14.0 Å². The van der Waals surface area contributed by atoms with Crippen LogP contribution in [0.5, 0.6) is 0 Å². The molecule has 28 heavy (non-hydrogen) atoms. The second-order valence-electron chi connectivity index (χ2n) is 6.42. The van der Waals surface area contributed by atoms with Gasteiger partial charge in [-0.15, -0.1) is 11.3 Å². The van der Waals surface area contributed by atoms with Crippen LogP contribution >= 0.6 is 11.3 Å². The highest BCUT2D eigenvalue weighted by atomic mass is 32.1. The third-order valence-electron chi connectivity index (χ3n) is 4.52. The number of nitrogens with two attached hydrogens (primary N) is 1. The number of hydrogen-bond donors (Lipinski definition) is 2. The Hall–Kier alpha value is -3.11. The fourth-order valence-corrected chi connectivity index (χ4v) is 4.20. The summed E-state index contributed by atoms with van der Waals surface area (Å²) in [5.41, 5.74) is 3.61. The lowest BCUT2D eigenvalue weighted by atomic mass is 10.1. The van der Waals surface area contributed by atoms with Crippen LogP contribution in [0, 0.1) is 6.92 Å². The number of pyridine rings is 1. The minimum atomic E-state index is -0.601. The Morgan fingerprint density at radius 2 is 2.21 bits per heavy atom. The van der Waals surface area contributed by atoms with Gasteiger partial charge in [0.05, 0.1) is 12.2 Å². The van der Waals surface area contributed by atoms with Crippen molar-refractivity contribution in [3.63, 3.8) is 0 Å². The molecule has 1 unspecified atom stereocenters. The van der Waals surface area contributed by atoms with Crippen LogP contribution in [0.25, 0.3) is 11.6 Å². The second-order valence-corrected chi connectivity index (χ2v) is 7.31. The minimum absolute atomic E-state index is 0.0161. The lowest BCUT2D eigenvalue weighted by Crippen LogP contribution is -2.33. The maximum Gasteiger partial charge on any atom is 0.283 e. The SMILES string of the molecule is Cc1csc(C2CCCN2C(=O)c2cc(C(=O)NN)nc(-c3ncco3)c2)n1. The molecule has 9 nitrogen and oxygen atoms in total. The van der Waals surface area contributed by atoms with E-state index in [1.807, 2.05) is 17.7 Å². The van der Waals surface area contributed by atoms with Crippen molar-refractivity contribution >= 4 is 23.2 Å². The van der Waals surface area contributed by atoms with E-state index < -0.39 is 5.91 Å². The molecule has 3 aromatic rings. The summed E-state index contributed by atoms with van der Waals surface area (Å²) in [7, 11) is 0. The Bertz CT molecular complexity index is 1020.